The van der Waals surface area contributed by atoms with Gasteiger partial charge in [0.15, 0.2) is 5.78 Å². The van der Waals surface area contributed by atoms with Crippen LogP contribution >= 0.6 is 0 Å². The van der Waals surface area contributed by atoms with Crippen LogP contribution in [0.1, 0.15) is 46.6 Å². The van der Waals surface area contributed by atoms with E-state index in [1.54, 1.807) is 0 Å². The molecule has 3 rings (SSSR count). The Hall–Kier alpha value is -2.55. The highest BCUT2D eigenvalue weighted by Gasteiger charge is 2.48. The van der Waals surface area contributed by atoms with Crippen LogP contribution in [0.2, 0.25) is 0 Å². The van der Waals surface area contributed by atoms with Crippen molar-refractivity contribution in [1.82, 2.24) is 0 Å². The van der Waals surface area contributed by atoms with Crippen molar-refractivity contribution in [2.75, 3.05) is 6.61 Å². The maximum atomic E-state index is 12.6. The molecule has 8 heteroatoms. The van der Waals surface area contributed by atoms with E-state index < -0.39 is 18.4 Å². The van der Waals surface area contributed by atoms with Gasteiger partial charge in [0.1, 0.15) is 6.10 Å². The van der Waals surface area contributed by atoms with E-state index in [0.29, 0.717) is 19.6 Å². The fraction of sp³-hybridized carbons (Fsp3) is 0.593. The number of ether oxygens (including phenoxy) is 5. The van der Waals surface area contributed by atoms with Crippen LogP contribution in [0.25, 0.3) is 0 Å². The van der Waals surface area contributed by atoms with E-state index in [0.717, 1.165) is 5.56 Å². The summed E-state index contributed by atoms with van der Waals surface area (Å²) in [4.78, 5) is 35.2. The number of carbonyl (C=O) groups excluding carboxylic acids is 3. The van der Waals surface area contributed by atoms with E-state index in [2.05, 4.69) is 6.92 Å². The molecule has 2 aliphatic rings. The van der Waals surface area contributed by atoms with Crippen LogP contribution in [-0.4, -0.2) is 55.0 Å². The molecule has 0 bridgehead atoms. The largest absolute Gasteiger partial charge is 0.466 e. The van der Waals surface area contributed by atoms with E-state index in [4.69, 9.17) is 23.7 Å². The Labute approximate surface area is 206 Å². The first kappa shape index (κ1) is 27.0. The SMILES string of the molecule is CC(=O)OC[C@H](C)C[C@H]1O[C@@H]([C@H](C)[C@H]2OC(OC(C)=O)C=CC2=O)[C@H](C)[C@H]1OCc1ccccc1. The van der Waals surface area contributed by atoms with E-state index in [-0.39, 0.29) is 47.8 Å². The van der Waals surface area contributed by atoms with Crippen LogP contribution in [0, 0.1) is 17.8 Å². The Morgan fingerprint density at radius 2 is 1.77 bits per heavy atom. The summed E-state index contributed by atoms with van der Waals surface area (Å²) in [5.74, 6) is -1.26. The molecular weight excluding hydrogens is 452 g/mol. The van der Waals surface area contributed by atoms with Gasteiger partial charge in [-0.15, -0.1) is 0 Å². The van der Waals surface area contributed by atoms with Crippen molar-refractivity contribution in [3.8, 4) is 0 Å². The summed E-state index contributed by atoms with van der Waals surface area (Å²) in [6, 6.07) is 9.91. The Bertz CT molecular complexity index is 898. The van der Waals surface area contributed by atoms with Gasteiger partial charge in [-0.1, -0.05) is 51.1 Å². The van der Waals surface area contributed by atoms with Gasteiger partial charge in [0.25, 0.3) is 0 Å². The molecule has 1 unspecified atom stereocenters. The smallest absolute Gasteiger partial charge is 0.305 e. The van der Waals surface area contributed by atoms with Gasteiger partial charge >= 0.3 is 11.9 Å². The predicted octanol–water partition coefficient (Wildman–Crippen LogP) is 3.61. The zero-order valence-electron chi connectivity index (χ0n) is 21.0. The van der Waals surface area contributed by atoms with E-state index in [9.17, 15) is 14.4 Å². The van der Waals surface area contributed by atoms with Crippen LogP contribution in [-0.2, 0) is 44.7 Å². The summed E-state index contributed by atoms with van der Waals surface area (Å²) in [6.07, 6.45) is 0.987. The van der Waals surface area contributed by atoms with Crippen molar-refractivity contribution in [2.45, 2.75) is 78.4 Å². The molecule has 2 aliphatic heterocycles. The normalized spacial score (nSPS) is 30.0. The molecule has 1 aromatic carbocycles. The molecule has 192 valence electrons. The van der Waals surface area contributed by atoms with Crippen LogP contribution in [0.3, 0.4) is 0 Å². The molecule has 1 fully saturated rings. The molecule has 1 aromatic rings. The average molecular weight is 489 g/mol. The van der Waals surface area contributed by atoms with Crippen LogP contribution in [0.5, 0.6) is 0 Å². The molecule has 0 aromatic heterocycles. The van der Waals surface area contributed by atoms with Crippen molar-refractivity contribution in [2.24, 2.45) is 17.8 Å². The molecule has 0 N–H and O–H groups in total. The fourth-order valence-corrected chi connectivity index (χ4v) is 4.78. The van der Waals surface area contributed by atoms with Crippen molar-refractivity contribution in [1.29, 1.82) is 0 Å². The summed E-state index contributed by atoms with van der Waals surface area (Å²) >= 11 is 0. The highest BCUT2D eigenvalue weighted by Crippen LogP contribution is 2.39. The van der Waals surface area contributed by atoms with E-state index in [1.165, 1.54) is 26.0 Å². The predicted molar refractivity (Wildman–Crippen MR) is 127 cm³/mol. The average Bonchev–Trinajstić information content (AvgIpc) is 3.12. The fourth-order valence-electron chi connectivity index (χ4n) is 4.78. The Balaban J connectivity index is 1.73. The van der Waals surface area contributed by atoms with Crippen LogP contribution < -0.4 is 0 Å². The van der Waals surface area contributed by atoms with Gasteiger partial charge in [-0.25, -0.2) is 0 Å². The number of rotatable bonds is 10. The first-order valence-corrected chi connectivity index (χ1v) is 12.1. The van der Waals surface area contributed by atoms with Crippen LogP contribution in [0.15, 0.2) is 42.5 Å². The number of ketones is 1. The summed E-state index contributed by atoms with van der Waals surface area (Å²) in [7, 11) is 0. The van der Waals surface area contributed by atoms with Gasteiger partial charge in [0.2, 0.25) is 6.29 Å². The minimum atomic E-state index is -0.904. The van der Waals surface area contributed by atoms with Crippen molar-refractivity contribution in [3.63, 3.8) is 0 Å². The molecule has 0 spiro atoms. The zero-order valence-corrected chi connectivity index (χ0v) is 21.0. The monoisotopic (exact) mass is 488 g/mol. The van der Waals surface area contributed by atoms with Crippen molar-refractivity contribution < 1.29 is 38.1 Å². The van der Waals surface area contributed by atoms with Crippen LogP contribution in [0.4, 0.5) is 0 Å². The van der Waals surface area contributed by atoms with E-state index >= 15 is 0 Å². The second-order valence-electron chi connectivity index (χ2n) is 9.56. The Morgan fingerprint density at radius 1 is 1.06 bits per heavy atom. The third kappa shape index (κ3) is 7.46. The Kier molecular flexibility index (Phi) is 9.60. The number of esters is 2. The molecule has 8 nitrogen and oxygen atoms in total. The van der Waals surface area contributed by atoms with E-state index in [1.807, 2.05) is 44.2 Å². The minimum absolute atomic E-state index is 0.0332. The second kappa shape index (κ2) is 12.4. The third-order valence-electron chi connectivity index (χ3n) is 6.48. The molecule has 0 aliphatic carbocycles. The minimum Gasteiger partial charge on any atom is -0.466 e. The molecule has 0 saturated carbocycles. The van der Waals surface area contributed by atoms with Gasteiger partial charge in [-0.2, -0.15) is 0 Å². The topological polar surface area (TPSA) is 97.4 Å². The molecule has 1 saturated heterocycles. The van der Waals surface area contributed by atoms with Gasteiger partial charge in [-0.3, -0.25) is 14.4 Å². The lowest BCUT2D eigenvalue weighted by Gasteiger charge is -2.33. The van der Waals surface area contributed by atoms with Crippen molar-refractivity contribution in [3.05, 3.63) is 48.0 Å². The third-order valence-corrected chi connectivity index (χ3v) is 6.48. The molecule has 0 amide bonds. The lowest BCUT2D eigenvalue weighted by molar-refractivity contribution is -0.189. The first-order valence-electron chi connectivity index (χ1n) is 12.1. The zero-order chi connectivity index (χ0) is 25.5. The van der Waals surface area contributed by atoms with Gasteiger partial charge in [-0.05, 0) is 30.1 Å². The highest BCUT2D eigenvalue weighted by molar-refractivity contribution is 5.94. The Morgan fingerprint density at radius 3 is 2.43 bits per heavy atom. The number of carbonyl (C=O) groups is 3. The standard InChI is InChI=1S/C27H36O8/c1-16(14-31-19(4)28)13-23-27(32-15-21-9-7-6-8-10-21)18(3)25(34-23)17(2)26-22(30)11-12-24(35-26)33-20(5)29/h6-12,16-18,23-27H,13-15H2,1-5H3/t16-,17+,18+,23-,24?,25+,26-,27-/m1/s1. The lowest BCUT2D eigenvalue weighted by atomic mass is 9.84. The maximum absolute atomic E-state index is 12.6. The molecule has 8 atom stereocenters. The first-order chi connectivity index (χ1) is 16.7. The number of hydrogen-bond donors (Lipinski definition) is 0. The quantitative estimate of drug-likeness (QED) is 0.461. The lowest BCUT2D eigenvalue weighted by Crippen LogP contribution is -2.44. The molecule has 35 heavy (non-hydrogen) atoms. The van der Waals surface area contributed by atoms with Gasteiger partial charge in [0, 0.05) is 25.7 Å². The van der Waals surface area contributed by atoms with Gasteiger partial charge in [0.05, 0.1) is 31.5 Å². The summed E-state index contributed by atoms with van der Waals surface area (Å²) in [5.41, 5.74) is 1.06. The number of benzene rings is 1. The molecule has 2 heterocycles. The number of hydrogen-bond acceptors (Lipinski definition) is 8. The second-order valence-corrected chi connectivity index (χ2v) is 9.56. The van der Waals surface area contributed by atoms with Gasteiger partial charge < -0.3 is 23.7 Å². The summed E-state index contributed by atoms with van der Waals surface area (Å²) in [6.45, 7) is 9.39. The summed E-state index contributed by atoms with van der Waals surface area (Å²) < 4.78 is 29.0. The highest BCUT2D eigenvalue weighted by atomic mass is 16.7. The molecule has 0 radical (unpaired) electrons. The maximum Gasteiger partial charge on any atom is 0.305 e. The summed E-state index contributed by atoms with van der Waals surface area (Å²) in [5, 5.41) is 0. The molecular formula is C27H36O8. The van der Waals surface area contributed by atoms with Crippen molar-refractivity contribution >= 4 is 17.7 Å².